The number of ether oxygens (including phenoxy) is 1. The van der Waals surface area contributed by atoms with E-state index in [0.29, 0.717) is 17.5 Å². The van der Waals surface area contributed by atoms with E-state index in [0.717, 1.165) is 34.6 Å². The lowest BCUT2D eigenvalue weighted by Gasteiger charge is -2.10. The van der Waals surface area contributed by atoms with Gasteiger partial charge >= 0.3 is 0 Å². The van der Waals surface area contributed by atoms with Crippen molar-refractivity contribution in [2.45, 2.75) is 20.3 Å². The maximum atomic E-state index is 6.33. The van der Waals surface area contributed by atoms with Crippen LogP contribution in [0, 0.1) is 5.92 Å². The minimum absolute atomic E-state index is 0.613. The Bertz CT molecular complexity index is 747. The summed E-state index contributed by atoms with van der Waals surface area (Å²) >= 11 is 6.33. The van der Waals surface area contributed by atoms with E-state index in [1.807, 2.05) is 42.5 Å². The van der Waals surface area contributed by atoms with Crippen LogP contribution in [0.2, 0.25) is 5.02 Å². The van der Waals surface area contributed by atoms with Gasteiger partial charge in [0, 0.05) is 5.56 Å². The van der Waals surface area contributed by atoms with Crippen LogP contribution in [0.4, 0.5) is 0 Å². The van der Waals surface area contributed by atoms with Crippen LogP contribution < -0.4 is 4.74 Å². The van der Waals surface area contributed by atoms with Gasteiger partial charge in [0.15, 0.2) is 0 Å². The zero-order valence-corrected chi connectivity index (χ0v) is 13.5. The summed E-state index contributed by atoms with van der Waals surface area (Å²) in [6.07, 6.45) is 1.02. The molecule has 0 bridgehead atoms. The lowest BCUT2D eigenvalue weighted by molar-refractivity contribution is 0.289. The van der Waals surface area contributed by atoms with E-state index in [1.165, 1.54) is 0 Å². The third kappa shape index (κ3) is 3.25. The van der Waals surface area contributed by atoms with Crippen molar-refractivity contribution in [1.29, 1.82) is 0 Å². The van der Waals surface area contributed by atoms with Crippen molar-refractivity contribution in [2.75, 3.05) is 6.61 Å². The predicted molar refractivity (Wildman–Crippen MR) is 91.5 cm³/mol. The summed E-state index contributed by atoms with van der Waals surface area (Å²) in [4.78, 5) is 7.89. The molecular formula is C18H19ClN2O. The van der Waals surface area contributed by atoms with Gasteiger partial charge in [0.2, 0.25) is 0 Å². The number of para-hydroxylation sites is 2. The van der Waals surface area contributed by atoms with Crippen LogP contribution in [-0.2, 0) is 0 Å². The molecule has 0 fully saturated rings. The molecule has 3 aromatic rings. The van der Waals surface area contributed by atoms with E-state index in [-0.39, 0.29) is 0 Å². The van der Waals surface area contributed by atoms with Gasteiger partial charge in [0.25, 0.3) is 0 Å². The maximum absolute atomic E-state index is 6.33. The summed E-state index contributed by atoms with van der Waals surface area (Å²) in [5.41, 5.74) is 2.93. The number of benzene rings is 2. The average molecular weight is 315 g/mol. The number of H-pyrrole nitrogens is 1. The molecule has 0 atom stereocenters. The van der Waals surface area contributed by atoms with Gasteiger partial charge in [-0.25, -0.2) is 4.98 Å². The molecule has 3 rings (SSSR count). The van der Waals surface area contributed by atoms with E-state index in [2.05, 4.69) is 23.8 Å². The summed E-state index contributed by atoms with van der Waals surface area (Å²) in [6, 6.07) is 13.7. The number of imidazole rings is 1. The van der Waals surface area contributed by atoms with Gasteiger partial charge in [0.1, 0.15) is 11.6 Å². The Hall–Kier alpha value is -2.00. The molecule has 1 aromatic heterocycles. The average Bonchev–Trinajstić information content (AvgIpc) is 2.92. The molecule has 4 heteroatoms. The fourth-order valence-electron chi connectivity index (χ4n) is 2.26. The number of nitrogens with one attached hydrogen (secondary N) is 1. The minimum Gasteiger partial charge on any atom is -0.492 e. The number of aromatic amines is 1. The molecule has 0 saturated heterocycles. The first-order valence-corrected chi connectivity index (χ1v) is 7.89. The van der Waals surface area contributed by atoms with E-state index in [9.17, 15) is 0 Å². The van der Waals surface area contributed by atoms with E-state index >= 15 is 0 Å². The predicted octanol–water partition coefficient (Wildman–Crippen LogP) is 5.31. The first-order chi connectivity index (χ1) is 10.6. The zero-order valence-electron chi connectivity index (χ0n) is 12.8. The van der Waals surface area contributed by atoms with E-state index in [4.69, 9.17) is 16.3 Å². The van der Waals surface area contributed by atoms with Crippen molar-refractivity contribution >= 4 is 22.6 Å². The lowest BCUT2D eigenvalue weighted by Crippen LogP contribution is -2.01. The van der Waals surface area contributed by atoms with Crippen molar-refractivity contribution in [3.8, 4) is 17.1 Å². The van der Waals surface area contributed by atoms with E-state index in [1.54, 1.807) is 0 Å². The SMILES string of the molecule is CC(C)CCOc1ccc(-c2nc3ccccc3[nH]2)cc1Cl. The lowest BCUT2D eigenvalue weighted by atomic mass is 10.1. The molecule has 0 saturated carbocycles. The number of halogens is 1. The Morgan fingerprint density at radius 3 is 2.73 bits per heavy atom. The largest absolute Gasteiger partial charge is 0.492 e. The molecule has 0 aliphatic rings. The van der Waals surface area contributed by atoms with Crippen LogP contribution >= 0.6 is 11.6 Å². The molecule has 3 nitrogen and oxygen atoms in total. The van der Waals surface area contributed by atoms with Crippen molar-refractivity contribution in [1.82, 2.24) is 9.97 Å². The van der Waals surface area contributed by atoms with Crippen LogP contribution in [0.15, 0.2) is 42.5 Å². The van der Waals surface area contributed by atoms with Crippen molar-refractivity contribution in [3.05, 3.63) is 47.5 Å². The smallest absolute Gasteiger partial charge is 0.138 e. The van der Waals surface area contributed by atoms with Gasteiger partial charge < -0.3 is 9.72 Å². The minimum atomic E-state index is 0.613. The molecule has 0 aliphatic heterocycles. The van der Waals surface area contributed by atoms with Gasteiger partial charge in [-0.1, -0.05) is 37.6 Å². The third-order valence-corrected chi connectivity index (χ3v) is 3.84. The van der Waals surface area contributed by atoms with Crippen LogP contribution in [0.1, 0.15) is 20.3 Å². The molecule has 0 radical (unpaired) electrons. The van der Waals surface area contributed by atoms with Crippen molar-refractivity contribution in [3.63, 3.8) is 0 Å². The highest BCUT2D eigenvalue weighted by Gasteiger charge is 2.09. The monoisotopic (exact) mass is 314 g/mol. The number of fused-ring (bicyclic) bond motifs is 1. The van der Waals surface area contributed by atoms with Crippen LogP contribution in [0.3, 0.4) is 0 Å². The van der Waals surface area contributed by atoms with Gasteiger partial charge in [0.05, 0.1) is 22.7 Å². The zero-order chi connectivity index (χ0) is 15.5. The summed E-state index contributed by atoms with van der Waals surface area (Å²) < 4.78 is 5.73. The second-order valence-corrected chi connectivity index (χ2v) is 6.19. The number of nitrogens with zero attached hydrogens (tertiary/aromatic N) is 1. The molecule has 0 unspecified atom stereocenters. The summed E-state index contributed by atoms with van der Waals surface area (Å²) in [5.74, 6) is 2.16. The first-order valence-electron chi connectivity index (χ1n) is 7.51. The molecular weight excluding hydrogens is 296 g/mol. The Morgan fingerprint density at radius 2 is 2.00 bits per heavy atom. The summed E-state index contributed by atoms with van der Waals surface area (Å²) in [5, 5.41) is 0.613. The maximum Gasteiger partial charge on any atom is 0.138 e. The van der Waals surface area contributed by atoms with Gasteiger partial charge in [-0.05, 0) is 42.7 Å². The molecule has 114 valence electrons. The molecule has 2 aromatic carbocycles. The van der Waals surface area contributed by atoms with E-state index < -0.39 is 0 Å². The molecule has 0 aliphatic carbocycles. The number of hydrogen-bond donors (Lipinski definition) is 1. The Balaban J connectivity index is 1.81. The van der Waals surface area contributed by atoms with Crippen LogP contribution in [0.5, 0.6) is 5.75 Å². The Labute approximate surface area is 135 Å². The fourth-order valence-corrected chi connectivity index (χ4v) is 2.49. The standard InChI is InChI=1S/C18H19ClN2O/c1-12(2)9-10-22-17-8-7-13(11-14(17)19)18-20-15-5-3-4-6-16(15)21-18/h3-8,11-12H,9-10H2,1-2H3,(H,20,21). The fraction of sp³-hybridized carbons (Fsp3) is 0.278. The number of rotatable bonds is 5. The first kappa shape index (κ1) is 14.9. The highest BCUT2D eigenvalue weighted by Crippen LogP contribution is 2.30. The van der Waals surface area contributed by atoms with Crippen molar-refractivity contribution in [2.24, 2.45) is 5.92 Å². The molecule has 1 heterocycles. The third-order valence-electron chi connectivity index (χ3n) is 3.55. The number of aromatic nitrogens is 2. The van der Waals surface area contributed by atoms with Gasteiger partial charge in [-0.3, -0.25) is 0 Å². The highest BCUT2D eigenvalue weighted by atomic mass is 35.5. The second kappa shape index (κ2) is 6.41. The Kier molecular flexibility index (Phi) is 4.34. The molecule has 22 heavy (non-hydrogen) atoms. The topological polar surface area (TPSA) is 37.9 Å². The molecule has 1 N–H and O–H groups in total. The molecule has 0 amide bonds. The highest BCUT2D eigenvalue weighted by molar-refractivity contribution is 6.32. The normalized spacial score (nSPS) is 11.3. The quantitative estimate of drug-likeness (QED) is 0.693. The Morgan fingerprint density at radius 1 is 1.18 bits per heavy atom. The van der Waals surface area contributed by atoms with Gasteiger partial charge in [-0.15, -0.1) is 0 Å². The molecule has 0 spiro atoms. The second-order valence-electron chi connectivity index (χ2n) is 5.78. The summed E-state index contributed by atoms with van der Waals surface area (Å²) in [6.45, 7) is 5.03. The van der Waals surface area contributed by atoms with Crippen molar-refractivity contribution < 1.29 is 4.74 Å². The van der Waals surface area contributed by atoms with Gasteiger partial charge in [-0.2, -0.15) is 0 Å². The summed E-state index contributed by atoms with van der Waals surface area (Å²) in [7, 11) is 0. The number of hydrogen-bond acceptors (Lipinski definition) is 2. The van der Waals surface area contributed by atoms with Crippen LogP contribution in [-0.4, -0.2) is 16.6 Å². The van der Waals surface area contributed by atoms with Crippen LogP contribution in [0.25, 0.3) is 22.4 Å².